The van der Waals surface area contributed by atoms with Crippen molar-refractivity contribution in [1.29, 1.82) is 0 Å². The van der Waals surface area contributed by atoms with Crippen LogP contribution in [0.5, 0.6) is 0 Å². The lowest BCUT2D eigenvalue weighted by molar-refractivity contribution is -0.138. The highest BCUT2D eigenvalue weighted by atomic mass is 35.5. The van der Waals surface area contributed by atoms with Crippen LogP contribution < -0.4 is 4.90 Å². The molecule has 1 unspecified atom stereocenters. The number of aromatic nitrogens is 3. The van der Waals surface area contributed by atoms with E-state index in [2.05, 4.69) is 10.1 Å². The summed E-state index contributed by atoms with van der Waals surface area (Å²) in [5, 5.41) is 4.02. The number of hydrogen-bond donors (Lipinski definition) is 0. The Labute approximate surface area is 153 Å². The predicted molar refractivity (Wildman–Crippen MR) is 90.0 cm³/mol. The predicted octanol–water partition coefficient (Wildman–Crippen LogP) is 2.86. The largest absolute Gasteiger partial charge is 0.417 e. The lowest BCUT2D eigenvalue weighted by Gasteiger charge is -2.36. The molecule has 0 spiro atoms. The molecule has 1 aliphatic heterocycles. The third kappa shape index (κ3) is 3.77. The van der Waals surface area contributed by atoms with E-state index in [-0.39, 0.29) is 10.9 Å². The monoisotopic (exact) mass is 387 g/mol. The van der Waals surface area contributed by atoms with Gasteiger partial charge in [0.05, 0.1) is 10.6 Å². The van der Waals surface area contributed by atoms with Crippen LogP contribution in [0.15, 0.2) is 30.7 Å². The van der Waals surface area contributed by atoms with Crippen molar-refractivity contribution in [1.82, 2.24) is 19.7 Å². The Morgan fingerprint density at radius 2 is 1.96 bits per heavy atom. The van der Waals surface area contributed by atoms with Gasteiger partial charge in [0.1, 0.15) is 11.9 Å². The number of alkyl halides is 3. The molecule has 2 aromatic rings. The van der Waals surface area contributed by atoms with E-state index in [1.54, 1.807) is 39.9 Å². The van der Waals surface area contributed by atoms with Gasteiger partial charge in [-0.3, -0.25) is 9.48 Å². The Morgan fingerprint density at radius 3 is 2.50 bits per heavy atom. The zero-order chi connectivity index (χ0) is 18.9. The van der Waals surface area contributed by atoms with Crippen LogP contribution in [0.25, 0.3) is 0 Å². The lowest BCUT2D eigenvalue weighted by Crippen LogP contribution is -2.50. The molecule has 6 nitrogen and oxygen atoms in total. The highest BCUT2D eigenvalue weighted by Crippen LogP contribution is 2.33. The van der Waals surface area contributed by atoms with Gasteiger partial charge < -0.3 is 9.80 Å². The minimum absolute atomic E-state index is 0.0514. The Balaban J connectivity index is 1.64. The molecular formula is C16H17ClF3N5O. The molecule has 26 heavy (non-hydrogen) atoms. The first-order valence-electron chi connectivity index (χ1n) is 8.03. The van der Waals surface area contributed by atoms with E-state index >= 15 is 0 Å². The quantitative estimate of drug-likeness (QED) is 0.812. The molecule has 1 amide bonds. The standard InChI is InChI=1S/C16H17ClF3N5O/c1-11(25-4-2-3-22-25)15(26)24-7-5-23(6-8-24)14-13(17)9-12(10-21-14)16(18,19)20/h2-4,9-11H,5-8H2,1H3. The Hall–Kier alpha value is -2.29. The van der Waals surface area contributed by atoms with Crippen molar-refractivity contribution in [2.75, 3.05) is 31.1 Å². The summed E-state index contributed by atoms with van der Waals surface area (Å²) in [7, 11) is 0. The summed E-state index contributed by atoms with van der Waals surface area (Å²) < 4.78 is 39.7. The van der Waals surface area contributed by atoms with Gasteiger partial charge in [0, 0.05) is 44.8 Å². The number of carbonyl (C=O) groups is 1. The van der Waals surface area contributed by atoms with Crippen LogP contribution >= 0.6 is 11.6 Å². The summed E-state index contributed by atoms with van der Waals surface area (Å²) in [5.74, 6) is 0.242. The molecule has 0 bridgehead atoms. The fourth-order valence-corrected chi connectivity index (χ4v) is 3.13. The maximum Gasteiger partial charge on any atom is 0.417 e. The van der Waals surface area contributed by atoms with Gasteiger partial charge in [0.25, 0.3) is 0 Å². The summed E-state index contributed by atoms with van der Waals surface area (Å²) >= 11 is 5.99. The van der Waals surface area contributed by atoms with Gasteiger partial charge >= 0.3 is 6.18 Å². The molecule has 1 atom stereocenters. The van der Waals surface area contributed by atoms with Crippen LogP contribution in [0.3, 0.4) is 0 Å². The maximum atomic E-state index is 12.7. The number of anilines is 1. The molecule has 140 valence electrons. The van der Waals surface area contributed by atoms with Crippen LogP contribution in [-0.4, -0.2) is 51.8 Å². The van der Waals surface area contributed by atoms with Gasteiger partial charge in [-0.2, -0.15) is 18.3 Å². The zero-order valence-electron chi connectivity index (χ0n) is 13.9. The Bertz CT molecular complexity index is 773. The molecular weight excluding hydrogens is 371 g/mol. The summed E-state index contributed by atoms with van der Waals surface area (Å²) in [5.41, 5.74) is -0.881. The van der Waals surface area contributed by atoms with Crippen molar-refractivity contribution in [2.45, 2.75) is 19.1 Å². The van der Waals surface area contributed by atoms with Gasteiger partial charge in [0.15, 0.2) is 0 Å². The fraction of sp³-hybridized carbons (Fsp3) is 0.438. The molecule has 10 heteroatoms. The molecule has 2 aromatic heterocycles. The van der Waals surface area contributed by atoms with Crippen molar-refractivity contribution < 1.29 is 18.0 Å². The average molecular weight is 388 g/mol. The molecule has 1 fully saturated rings. The second kappa shape index (κ2) is 7.14. The number of carbonyl (C=O) groups excluding carboxylic acids is 1. The number of amides is 1. The highest BCUT2D eigenvalue weighted by Gasteiger charge is 2.33. The first-order chi connectivity index (χ1) is 12.3. The average Bonchev–Trinajstić information content (AvgIpc) is 3.14. The summed E-state index contributed by atoms with van der Waals surface area (Å²) in [4.78, 5) is 19.9. The van der Waals surface area contributed by atoms with Crippen LogP contribution in [0.1, 0.15) is 18.5 Å². The SMILES string of the molecule is CC(C(=O)N1CCN(c2ncc(C(F)(F)F)cc2Cl)CC1)n1cccn1. The van der Waals surface area contributed by atoms with Crippen molar-refractivity contribution in [3.05, 3.63) is 41.3 Å². The van der Waals surface area contributed by atoms with Gasteiger partial charge in [-0.25, -0.2) is 4.98 Å². The van der Waals surface area contributed by atoms with Gasteiger partial charge in [-0.15, -0.1) is 0 Å². The van der Waals surface area contributed by atoms with Crippen molar-refractivity contribution >= 4 is 23.3 Å². The maximum absolute atomic E-state index is 12.7. The molecule has 0 saturated carbocycles. The van der Waals surface area contributed by atoms with Crippen LogP contribution in [0.2, 0.25) is 5.02 Å². The Kier molecular flexibility index (Phi) is 5.08. The number of rotatable bonds is 3. The molecule has 1 saturated heterocycles. The second-order valence-corrected chi connectivity index (χ2v) is 6.41. The zero-order valence-corrected chi connectivity index (χ0v) is 14.7. The van der Waals surface area contributed by atoms with Gasteiger partial charge in [-0.1, -0.05) is 11.6 Å². The third-order valence-corrected chi connectivity index (χ3v) is 4.60. The number of nitrogens with zero attached hydrogens (tertiary/aromatic N) is 5. The fourth-order valence-electron chi connectivity index (χ4n) is 2.84. The molecule has 1 aliphatic rings. The molecule has 3 heterocycles. The van der Waals surface area contributed by atoms with E-state index in [1.165, 1.54) is 0 Å². The minimum atomic E-state index is -4.48. The highest BCUT2D eigenvalue weighted by molar-refractivity contribution is 6.33. The number of piperazine rings is 1. The van der Waals surface area contributed by atoms with Crippen LogP contribution in [0.4, 0.5) is 19.0 Å². The van der Waals surface area contributed by atoms with Crippen molar-refractivity contribution in [3.8, 4) is 0 Å². The summed E-state index contributed by atoms with van der Waals surface area (Å²) in [6, 6.07) is 2.21. The smallest absolute Gasteiger partial charge is 0.352 e. The first-order valence-corrected chi connectivity index (χ1v) is 8.41. The molecule has 0 N–H and O–H groups in total. The topological polar surface area (TPSA) is 54.3 Å². The van der Waals surface area contributed by atoms with Crippen molar-refractivity contribution in [2.24, 2.45) is 0 Å². The lowest BCUT2D eigenvalue weighted by atomic mass is 10.2. The van der Waals surface area contributed by atoms with Gasteiger partial charge in [-0.05, 0) is 19.1 Å². The number of hydrogen-bond acceptors (Lipinski definition) is 4. The third-order valence-electron chi connectivity index (χ3n) is 4.32. The minimum Gasteiger partial charge on any atom is -0.352 e. The molecule has 0 aromatic carbocycles. The normalized spacial score (nSPS) is 16.7. The van der Waals surface area contributed by atoms with Gasteiger partial charge in [0.2, 0.25) is 5.91 Å². The van der Waals surface area contributed by atoms with E-state index in [0.29, 0.717) is 32.0 Å². The van der Waals surface area contributed by atoms with Crippen LogP contribution in [0, 0.1) is 0 Å². The van der Waals surface area contributed by atoms with E-state index in [0.717, 1.165) is 12.3 Å². The molecule has 0 aliphatic carbocycles. The van der Waals surface area contributed by atoms with E-state index < -0.39 is 17.8 Å². The second-order valence-electron chi connectivity index (χ2n) is 6.00. The van der Waals surface area contributed by atoms with E-state index in [1.807, 2.05) is 0 Å². The van der Waals surface area contributed by atoms with Crippen LogP contribution in [-0.2, 0) is 11.0 Å². The molecule has 0 radical (unpaired) electrons. The number of pyridine rings is 1. The summed E-state index contributed by atoms with van der Waals surface area (Å²) in [6.07, 6.45) is -0.369. The van der Waals surface area contributed by atoms with E-state index in [9.17, 15) is 18.0 Å². The van der Waals surface area contributed by atoms with E-state index in [4.69, 9.17) is 11.6 Å². The Morgan fingerprint density at radius 1 is 1.27 bits per heavy atom. The molecule has 3 rings (SSSR count). The number of halogens is 4. The van der Waals surface area contributed by atoms with Crippen molar-refractivity contribution in [3.63, 3.8) is 0 Å². The first kappa shape index (κ1) is 18.5. The summed E-state index contributed by atoms with van der Waals surface area (Å²) in [6.45, 7) is 3.52.